The van der Waals surface area contributed by atoms with Crippen molar-refractivity contribution in [3.05, 3.63) is 45.5 Å². The van der Waals surface area contributed by atoms with Crippen LogP contribution in [0.5, 0.6) is 0 Å². The molecule has 0 aliphatic carbocycles. The maximum atomic E-state index is 14.0. The Hall–Kier alpha value is -2.02. The summed E-state index contributed by atoms with van der Waals surface area (Å²) < 4.78 is 25.3. The molecule has 2 N–H and O–H groups in total. The van der Waals surface area contributed by atoms with Gasteiger partial charge in [0.25, 0.3) is 5.91 Å². The van der Waals surface area contributed by atoms with Crippen LogP contribution in [-0.2, 0) is 10.8 Å². The monoisotopic (exact) mass is 338 g/mol. The van der Waals surface area contributed by atoms with Gasteiger partial charge >= 0.3 is 0 Å². The molecule has 124 valence electrons. The van der Waals surface area contributed by atoms with Crippen LogP contribution >= 0.6 is 0 Å². The first-order valence-corrected chi connectivity index (χ1v) is 8.85. The lowest BCUT2D eigenvalue weighted by atomic mass is 10.1. The third-order valence-corrected chi connectivity index (χ3v) is 5.07. The van der Waals surface area contributed by atoms with Gasteiger partial charge in [-0.1, -0.05) is 6.92 Å². The summed E-state index contributed by atoms with van der Waals surface area (Å²) in [5, 5.41) is 3.03. The van der Waals surface area contributed by atoms with E-state index >= 15 is 0 Å². The normalized spacial score (nSPS) is 13.7. The molecular weight excluding hydrogens is 319 g/mol. The lowest BCUT2D eigenvalue weighted by Crippen LogP contribution is -2.28. The number of halogens is 1. The number of aromatic amines is 1. The Morgan fingerprint density at radius 2 is 2.09 bits per heavy atom. The molecule has 0 unspecified atom stereocenters. The van der Waals surface area contributed by atoms with Gasteiger partial charge in [0.2, 0.25) is 5.56 Å². The Morgan fingerprint density at radius 1 is 1.39 bits per heavy atom. The molecule has 1 heterocycles. The third-order valence-electron chi connectivity index (χ3n) is 3.70. The van der Waals surface area contributed by atoms with Gasteiger partial charge in [-0.05, 0) is 31.0 Å². The van der Waals surface area contributed by atoms with Crippen molar-refractivity contribution in [2.24, 2.45) is 0 Å². The number of pyridine rings is 1. The number of rotatable bonds is 5. The van der Waals surface area contributed by atoms with Gasteiger partial charge in [0.05, 0.1) is 11.1 Å². The minimum atomic E-state index is -0.958. The Balaban J connectivity index is 2.30. The number of hydrogen-bond acceptors (Lipinski definition) is 3. The van der Waals surface area contributed by atoms with E-state index in [-0.39, 0.29) is 16.3 Å². The average Bonchev–Trinajstić information content (AvgIpc) is 2.47. The zero-order valence-electron chi connectivity index (χ0n) is 13.2. The van der Waals surface area contributed by atoms with Crippen molar-refractivity contribution < 1.29 is 13.4 Å². The molecule has 0 spiro atoms. The molecule has 0 bridgehead atoms. The van der Waals surface area contributed by atoms with Crippen LogP contribution in [0.1, 0.15) is 29.3 Å². The van der Waals surface area contributed by atoms with E-state index in [1.807, 2.05) is 6.92 Å². The first-order chi connectivity index (χ1) is 10.8. The summed E-state index contributed by atoms with van der Waals surface area (Å²) in [6, 6.07) is 4.13. The minimum absolute atomic E-state index is 0.0243. The number of nitrogens with one attached hydrogen (secondary N) is 2. The summed E-state index contributed by atoms with van der Waals surface area (Å²) in [5.41, 5.74) is 0.285. The van der Waals surface area contributed by atoms with Crippen LogP contribution in [0.4, 0.5) is 4.39 Å². The maximum absolute atomic E-state index is 14.0. The first-order valence-electron chi connectivity index (χ1n) is 7.23. The van der Waals surface area contributed by atoms with Crippen molar-refractivity contribution >= 4 is 27.6 Å². The number of H-pyrrole nitrogens is 1. The third kappa shape index (κ3) is 4.04. The molecule has 2 atom stereocenters. The van der Waals surface area contributed by atoms with Crippen molar-refractivity contribution in [1.82, 2.24) is 10.3 Å². The highest BCUT2D eigenvalue weighted by Crippen LogP contribution is 2.20. The molecule has 23 heavy (non-hydrogen) atoms. The molecule has 0 aliphatic heterocycles. The van der Waals surface area contributed by atoms with Gasteiger partial charge in [0, 0.05) is 40.3 Å². The zero-order valence-corrected chi connectivity index (χ0v) is 14.1. The highest BCUT2D eigenvalue weighted by molar-refractivity contribution is 7.84. The number of carbonyl (C=O) groups excluding carboxylic acids is 1. The summed E-state index contributed by atoms with van der Waals surface area (Å²) in [7, 11) is -0.958. The second-order valence-electron chi connectivity index (χ2n) is 5.57. The van der Waals surface area contributed by atoms with Crippen LogP contribution in [0.15, 0.2) is 23.0 Å². The van der Waals surface area contributed by atoms with E-state index < -0.39 is 28.1 Å². The molecule has 1 aromatic carbocycles. The Morgan fingerprint density at radius 3 is 2.74 bits per heavy atom. The molecule has 0 saturated carbocycles. The molecule has 1 amide bonds. The van der Waals surface area contributed by atoms with Crippen molar-refractivity contribution in [2.75, 3.05) is 12.8 Å². The second kappa shape index (κ2) is 7.04. The molecule has 0 radical (unpaired) electrons. The van der Waals surface area contributed by atoms with Crippen molar-refractivity contribution in [1.29, 1.82) is 0 Å². The van der Waals surface area contributed by atoms with E-state index in [1.54, 1.807) is 19.2 Å². The SMILES string of the molecule is Cc1cc(F)c2[nH]c(=O)cc(C(=O)NCC[C@H](C)[S@](C)=O)c2c1. The highest BCUT2D eigenvalue weighted by atomic mass is 32.2. The van der Waals surface area contributed by atoms with E-state index in [2.05, 4.69) is 10.3 Å². The number of amides is 1. The number of aromatic nitrogens is 1. The van der Waals surface area contributed by atoms with Gasteiger partial charge in [0.15, 0.2) is 0 Å². The number of hydrogen-bond donors (Lipinski definition) is 2. The first kappa shape index (κ1) is 17.3. The molecule has 1 aromatic heterocycles. The smallest absolute Gasteiger partial charge is 0.252 e. The van der Waals surface area contributed by atoms with E-state index in [0.29, 0.717) is 23.9 Å². The second-order valence-corrected chi connectivity index (χ2v) is 7.37. The van der Waals surface area contributed by atoms with Gasteiger partial charge in [-0.2, -0.15) is 0 Å². The Bertz CT molecular complexity index is 832. The van der Waals surface area contributed by atoms with Crippen LogP contribution in [-0.4, -0.2) is 33.2 Å². The fraction of sp³-hybridized carbons (Fsp3) is 0.375. The summed E-state index contributed by atoms with van der Waals surface area (Å²) in [4.78, 5) is 26.4. The molecule has 2 aromatic rings. The lowest BCUT2D eigenvalue weighted by molar-refractivity contribution is 0.0954. The van der Waals surface area contributed by atoms with Gasteiger partial charge in [-0.25, -0.2) is 4.39 Å². The number of carbonyl (C=O) groups is 1. The molecule has 7 heteroatoms. The van der Waals surface area contributed by atoms with Gasteiger partial charge < -0.3 is 10.3 Å². The van der Waals surface area contributed by atoms with Crippen molar-refractivity contribution in [3.8, 4) is 0 Å². The van der Waals surface area contributed by atoms with Crippen molar-refractivity contribution in [2.45, 2.75) is 25.5 Å². The fourth-order valence-electron chi connectivity index (χ4n) is 2.29. The topological polar surface area (TPSA) is 79.0 Å². The molecule has 0 fully saturated rings. The average molecular weight is 338 g/mol. The van der Waals surface area contributed by atoms with Crippen LogP contribution in [0, 0.1) is 12.7 Å². The molecular formula is C16H19FN2O3S. The quantitative estimate of drug-likeness (QED) is 0.873. The number of benzene rings is 1. The predicted molar refractivity (Wildman–Crippen MR) is 89.7 cm³/mol. The van der Waals surface area contributed by atoms with E-state index in [4.69, 9.17) is 0 Å². The van der Waals surface area contributed by atoms with Crippen LogP contribution < -0.4 is 10.9 Å². The van der Waals surface area contributed by atoms with Crippen LogP contribution in [0.3, 0.4) is 0 Å². The highest BCUT2D eigenvalue weighted by Gasteiger charge is 2.15. The fourth-order valence-corrected chi connectivity index (χ4v) is 2.74. The van der Waals surface area contributed by atoms with Crippen LogP contribution in [0.25, 0.3) is 10.9 Å². The van der Waals surface area contributed by atoms with E-state index in [9.17, 15) is 18.2 Å². The van der Waals surface area contributed by atoms with E-state index in [0.717, 1.165) is 6.07 Å². The van der Waals surface area contributed by atoms with Gasteiger partial charge in [-0.3, -0.25) is 13.8 Å². The molecule has 0 aliphatic rings. The summed E-state index contributed by atoms with van der Waals surface area (Å²) in [6.07, 6.45) is 2.17. The lowest BCUT2D eigenvalue weighted by Gasteiger charge is -2.11. The summed E-state index contributed by atoms with van der Waals surface area (Å²) in [6.45, 7) is 3.89. The maximum Gasteiger partial charge on any atom is 0.252 e. The molecule has 5 nitrogen and oxygen atoms in total. The van der Waals surface area contributed by atoms with Gasteiger partial charge in [-0.15, -0.1) is 0 Å². The predicted octanol–water partition coefficient (Wildman–Crippen LogP) is 1.86. The number of fused-ring (bicyclic) bond motifs is 1. The molecule has 0 saturated heterocycles. The van der Waals surface area contributed by atoms with Crippen molar-refractivity contribution in [3.63, 3.8) is 0 Å². The Kier molecular flexibility index (Phi) is 5.30. The van der Waals surface area contributed by atoms with E-state index in [1.165, 1.54) is 6.07 Å². The minimum Gasteiger partial charge on any atom is -0.352 e. The molecule has 2 rings (SSSR count). The summed E-state index contributed by atoms with van der Waals surface area (Å²) in [5.74, 6) is -1.01. The van der Waals surface area contributed by atoms with Gasteiger partial charge in [0.1, 0.15) is 5.82 Å². The zero-order chi connectivity index (χ0) is 17.1. The Labute approximate surface area is 135 Å². The number of aryl methyl sites for hydroxylation is 1. The summed E-state index contributed by atoms with van der Waals surface area (Å²) >= 11 is 0. The standard InChI is InChI=1S/C16H19FN2O3S/c1-9-6-11-12(8-14(20)19-15(11)13(17)7-9)16(21)18-5-4-10(2)23(3)22/h6-8,10H,4-5H2,1-3H3,(H,18,21)(H,19,20)/t10-,23-/m0/s1. The van der Waals surface area contributed by atoms with Crippen LogP contribution in [0.2, 0.25) is 0 Å². The largest absolute Gasteiger partial charge is 0.352 e.